The van der Waals surface area contributed by atoms with E-state index in [0.717, 1.165) is 0 Å². The van der Waals surface area contributed by atoms with E-state index in [-0.39, 0.29) is 0 Å². The van der Waals surface area contributed by atoms with Crippen LogP contribution in [0.2, 0.25) is 0 Å². The van der Waals surface area contributed by atoms with Crippen LogP contribution in [-0.4, -0.2) is 4.98 Å². The molecule has 13 heavy (non-hydrogen) atoms. The van der Waals surface area contributed by atoms with Gasteiger partial charge in [-0.1, -0.05) is 12.6 Å². The molecule has 3 nitrogen and oxygen atoms in total. The van der Waals surface area contributed by atoms with Crippen LogP contribution in [0.3, 0.4) is 0 Å². The van der Waals surface area contributed by atoms with Crippen molar-refractivity contribution in [2.45, 2.75) is 0 Å². The first-order valence-electron chi connectivity index (χ1n) is 3.78. The molecule has 0 radical (unpaired) electrons. The summed E-state index contributed by atoms with van der Waals surface area (Å²) >= 11 is 0. The van der Waals surface area contributed by atoms with Gasteiger partial charge in [0.1, 0.15) is 0 Å². The molecule has 3 heteroatoms. The maximum atomic E-state index is 6.80. The fraction of sp³-hybridized carbons (Fsp3) is 0. The summed E-state index contributed by atoms with van der Waals surface area (Å²) in [6.45, 7) is 6.80. The number of furan rings is 1. The zero-order valence-electron chi connectivity index (χ0n) is 6.77. The molecule has 0 fully saturated rings. The minimum atomic E-state index is 0.383. The molecule has 2 aromatic rings. The Balaban J connectivity index is 2.49. The highest BCUT2D eigenvalue weighted by Crippen LogP contribution is 2.19. The normalized spacial score (nSPS) is 9.46. The highest BCUT2D eigenvalue weighted by molar-refractivity contribution is 5.55. The molecule has 62 valence electrons. The van der Waals surface area contributed by atoms with Crippen molar-refractivity contribution in [3.05, 3.63) is 48.0 Å². The molecule has 2 rings (SSSR count). The predicted molar refractivity (Wildman–Crippen MR) is 48.2 cm³/mol. The lowest BCUT2D eigenvalue weighted by Gasteiger charge is -1.91. The number of hydrogen-bond acceptors (Lipinski definition) is 2. The summed E-state index contributed by atoms with van der Waals surface area (Å²) in [5.41, 5.74) is 0.693. The second kappa shape index (κ2) is 3.11. The number of nitrogens with zero attached hydrogens (tertiary/aromatic N) is 2. The zero-order chi connectivity index (χ0) is 9.10. The van der Waals surface area contributed by atoms with E-state index in [0.29, 0.717) is 17.3 Å². The van der Waals surface area contributed by atoms with Gasteiger partial charge in [0.15, 0.2) is 11.5 Å². The molecule has 0 atom stereocenters. The van der Waals surface area contributed by atoms with Crippen molar-refractivity contribution < 1.29 is 4.42 Å². The van der Waals surface area contributed by atoms with Crippen LogP contribution in [0.25, 0.3) is 16.3 Å². The van der Waals surface area contributed by atoms with Crippen LogP contribution in [0, 0.1) is 6.57 Å². The maximum absolute atomic E-state index is 6.80. The largest absolute Gasteiger partial charge is 0.460 e. The van der Waals surface area contributed by atoms with Crippen LogP contribution in [0.1, 0.15) is 0 Å². The monoisotopic (exact) mass is 170 g/mol. The van der Waals surface area contributed by atoms with Crippen LogP contribution >= 0.6 is 0 Å². The van der Waals surface area contributed by atoms with E-state index >= 15 is 0 Å². The molecule has 0 aromatic carbocycles. The molecule has 0 aliphatic heterocycles. The van der Waals surface area contributed by atoms with E-state index in [1.807, 2.05) is 12.1 Å². The average molecular weight is 170 g/mol. The van der Waals surface area contributed by atoms with E-state index in [9.17, 15) is 0 Å². The van der Waals surface area contributed by atoms with Crippen molar-refractivity contribution in [2.24, 2.45) is 0 Å². The van der Waals surface area contributed by atoms with Gasteiger partial charge >= 0.3 is 0 Å². The molecule has 0 bridgehead atoms. The first kappa shape index (κ1) is 7.56. The van der Waals surface area contributed by atoms with Crippen molar-refractivity contribution in [3.63, 3.8) is 0 Å². The third-order valence-corrected chi connectivity index (χ3v) is 1.62. The predicted octanol–water partition coefficient (Wildman–Crippen LogP) is 2.89. The van der Waals surface area contributed by atoms with Gasteiger partial charge in [-0.05, 0) is 24.3 Å². The zero-order valence-corrected chi connectivity index (χ0v) is 6.77. The Bertz CT molecular complexity index is 440. The van der Waals surface area contributed by atoms with Gasteiger partial charge in [0, 0.05) is 0 Å². The molecular formula is C10H6N2O. The SMILES string of the molecule is [C-]#[N+]c1cccc(-c2ccco2)n1. The van der Waals surface area contributed by atoms with Gasteiger partial charge in [0.25, 0.3) is 5.82 Å². The lowest BCUT2D eigenvalue weighted by molar-refractivity contribution is 0.580. The summed E-state index contributed by atoms with van der Waals surface area (Å²) in [5.74, 6) is 1.07. The molecule has 0 spiro atoms. The van der Waals surface area contributed by atoms with Crippen LogP contribution in [0.5, 0.6) is 0 Å². The summed E-state index contributed by atoms with van der Waals surface area (Å²) in [4.78, 5) is 7.32. The first-order chi connectivity index (χ1) is 6.40. The molecule has 0 aliphatic rings. The van der Waals surface area contributed by atoms with Crippen molar-refractivity contribution in [3.8, 4) is 11.5 Å². The Morgan fingerprint density at radius 1 is 1.23 bits per heavy atom. The molecule has 2 aromatic heterocycles. The van der Waals surface area contributed by atoms with Gasteiger partial charge in [0.2, 0.25) is 0 Å². The van der Waals surface area contributed by atoms with E-state index < -0.39 is 0 Å². The molecule has 0 saturated heterocycles. The standard InChI is InChI=1S/C10H6N2O/c1-11-10-6-2-4-8(12-10)9-5-3-7-13-9/h2-7H. The van der Waals surface area contributed by atoms with Crippen molar-refractivity contribution in [1.82, 2.24) is 4.98 Å². The molecule has 0 unspecified atom stereocenters. The highest BCUT2D eigenvalue weighted by Gasteiger charge is 2.05. The molecule has 0 saturated carbocycles. The van der Waals surface area contributed by atoms with Gasteiger partial charge in [-0.3, -0.25) is 0 Å². The Kier molecular flexibility index (Phi) is 1.81. The Morgan fingerprint density at radius 3 is 2.85 bits per heavy atom. The highest BCUT2D eigenvalue weighted by atomic mass is 16.3. The number of pyridine rings is 1. The average Bonchev–Trinajstić information content (AvgIpc) is 2.71. The van der Waals surface area contributed by atoms with Gasteiger partial charge in [-0.2, -0.15) is 0 Å². The van der Waals surface area contributed by atoms with E-state index in [1.54, 1.807) is 24.5 Å². The van der Waals surface area contributed by atoms with Gasteiger partial charge < -0.3 is 9.26 Å². The molecule has 2 heterocycles. The number of rotatable bonds is 1. The Labute approximate surface area is 75.5 Å². The summed E-state index contributed by atoms with van der Waals surface area (Å²) < 4.78 is 5.15. The van der Waals surface area contributed by atoms with Crippen LogP contribution in [0.15, 0.2) is 41.0 Å². The minimum absolute atomic E-state index is 0.383. The second-order valence-corrected chi connectivity index (χ2v) is 2.47. The van der Waals surface area contributed by atoms with Crippen molar-refractivity contribution in [1.29, 1.82) is 0 Å². The van der Waals surface area contributed by atoms with Gasteiger partial charge in [-0.15, -0.1) is 4.98 Å². The Morgan fingerprint density at radius 2 is 2.15 bits per heavy atom. The maximum Gasteiger partial charge on any atom is 0.270 e. The molecule has 0 amide bonds. The van der Waals surface area contributed by atoms with Crippen molar-refractivity contribution >= 4 is 5.82 Å². The molecular weight excluding hydrogens is 164 g/mol. The third-order valence-electron chi connectivity index (χ3n) is 1.62. The van der Waals surface area contributed by atoms with Crippen LogP contribution < -0.4 is 0 Å². The quantitative estimate of drug-likeness (QED) is 0.616. The minimum Gasteiger partial charge on any atom is -0.460 e. The van der Waals surface area contributed by atoms with E-state index in [4.69, 9.17) is 11.0 Å². The van der Waals surface area contributed by atoms with Crippen LogP contribution in [-0.2, 0) is 0 Å². The summed E-state index contributed by atoms with van der Waals surface area (Å²) in [6, 6.07) is 8.88. The summed E-state index contributed by atoms with van der Waals surface area (Å²) in [6.07, 6.45) is 1.58. The lowest BCUT2D eigenvalue weighted by atomic mass is 10.3. The molecule has 0 aliphatic carbocycles. The van der Waals surface area contributed by atoms with E-state index in [1.165, 1.54) is 0 Å². The molecule has 0 N–H and O–H groups in total. The fourth-order valence-corrected chi connectivity index (χ4v) is 1.05. The smallest absolute Gasteiger partial charge is 0.270 e. The third kappa shape index (κ3) is 1.42. The van der Waals surface area contributed by atoms with Gasteiger partial charge in [0.05, 0.1) is 6.26 Å². The number of aromatic nitrogens is 1. The first-order valence-corrected chi connectivity index (χ1v) is 3.78. The van der Waals surface area contributed by atoms with Crippen LogP contribution in [0.4, 0.5) is 5.82 Å². The van der Waals surface area contributed by atoms with E-state index in [2.05, 4.69) is 9.83 Å². The van der Waals surface area contributed by atoms with Gasteiger partial charge in [-0.25, -0.2) is 0 Å². The summed E-state index contributed by atoms with van der Waals surface area (Å²) in [5, 5.41) is 0. The van der Waals surface area contributed by atoms with Crippen molar-refractivity contribution in [2.75, 3.05) is 0 Å². The Hall–Kier alpha value is -2.08. The second-order valence-electron chi connectivity index (χ2n) is 2.47. The topological polar surface area (TPSA) is 30.4 Å². The lowest BCUT2D eigenvalue weighted by Crippen LogP contribution is -1.78. The number of hydrogen-bond donors (Lipinski definition) is 0. The summed E-state index contributed by atoms with van der Waals surface area (Å²) in [7, 11) is 0. The fourth-order valence-electron chi connectivity index (χ4n) is 1.05.